The van der Waals surface area contributed by atoms with Gasteiger partial charge in [0.05, 0.1) is 21.9 Å². The molecular formula is C32H33N7O3. The molecule has 0 saturated carbocycles. The molecule has 1 fully saturated rings. The van der Waals surface area contributed by atoms with Crippen molar-refractivity contribution in [3.05, 3.63) is 99.7 Å². The highest BCUT2D eigenvalue weighted by atomic mass is 16.6. The fraction of sp³-hybridized carbons (Fsp3) is 0.250. The summed E-state index contributed by atoms with van der Waals surface area (Å²) in [6.07, 6.45) is 7.30. The lowest BCUT2D eigenvalue weighted by Crippen LogP contribution is -2.30. The van der Waals surface area contributed by atoms with E-state index in [1.165, 1.54) is 31.4 Å². The summed E-state index contributed by atoms with van der Waals surface area (Å²) in [5, 5.41) is 17.8. The number of hydrogen-bond acceptors (Lipinski definition) is 7. The number of carbonyl (C=O) groups is 1. The van der Waals surface area contributed by atoms with Crippen molar-refractivity contribution in [3.63, 3.8) is 0 Å². The van der Waals surface area contributed by atoms with E-state index >= 15 is 0 Å². The number of nitrogens with two attached hydrogens (primary N) is 1. The van der Waals surface area contributed by atoms with Gasteiger partial charge in [0, 0.05) is 53.9 Å². The maximum Gasteiger partial charge on any atom is 0.270 e. The molecule has 10 nitrogen and oxygen atoms in total. The molecule has 3 heterocycles. The van der Waals surface area contributed by atoms with Crippen LogP contribution in [0.5, 0.6) is 0 Å². The number of rotatable bonds is 9. The monoisotopic (exact) mass is 563 g/mol. The van der Waals surface area contributed by atoms with Crippen LogP contribution in [0, 0.1) is 10.1 Å². The lowest BCUT2D eigenvalue weighted by molar-refractivity contribution is -0.384. The maximum absolute atomic E-state index is 13.3. The zero-order chi connectivity index (χ0) is 29.1. The Bertz CT molecular complexity index is 1640. The summed E-state index contributed by atoms with van der Waals surface area (Å²) in [7, 11) is 0. The van der Waals surface area contributed by atoms with Crippen molar-refractivity contribution in [3.8, 4) is 11.3 Å². The van der Waals surface area contributed by atoms with E-state index in [1.807, 2.05) is 54.7 Å². The largest absolute Gasteiger partial charge is 0.354 e. The molecule has 1 amide bonds. The smallest absolute Gasteiger partial charge is 0.270 e. The fourth-order valence-electron chi connectivity index (χ4n) is 5.54. The Labute approximate surface area is 243 Å². The Hall–Kier alpha value is -4.96. The molecule has 2 aliphatic heterocycles. The zero-order valence-electron chi connectivity index (χ0n) is 23.2. The number of aromatic nitrogens is 2. The van der Waals surface area contributed by atoms with Crippen molar-refractivity contribution >= 4 is 40.2 Å². The maximum atomic E-state index is 13.3. The van der Waals surface area contributed by atoms with Gasteiger partial charge in [0.1, 0.15) is 0 Å². The Morgan fingerprint density at radius 3 is 2.50 bits per heavy atom. The van der Waals surface area contributed by atoms with Gasteiger partial charge in [0.25, 0.3) is 11.6 Å². The van der Waals surface area contributed by atoms with Crippen molar-refractivity contribution in [2.75, 3.05) is 35.2 Å². The molecule has 1 aromatic heterocycles. The van der Waals surface area contributed by atoms with Crippen molar-refractivity contribution in [2.24, 2.45) is 5.73 Å². The average Bonchev–Trinajstić information content (AvgIpc) is 3.64. The van der Waals surface area contributed by atoms with Crippen LogP contribution in [0.25, 0.3) is 22.5 Å². The van der Waals surface area contributed by atoms with Gasteiger partial charge in [-0.1, -0.05) is 36.4 Å². The lowest BCUT2D eigenvalue weighted by atomic mass is 9.98. The van der Waals surface area contributed by atoms with E-state index in [1.54, 1.807) is 6.07 Å². The Morgan fingerprint density at radius 1 is 1.02 bits per heavy atom. The number of nitro groups is 1. The summed E-state index contributed by atoms with van der Waals surface area (Å²) in [6.45, 7) is 2.64. The zero-order valence-corrected chi connectivity index (χ0v) is 23.2. The number of piperidine rings is 1. The van der Waals surface area contributed by atoms with Gasteiger partial charge >= 0.3 is 0 Å². The van der Waals surface area contributed by atoms with E-state index in [0.717, 1.165) is 60.0 Å². The normalized spacial score (nSPS) is 15.7. The minimum Gasteiger partial charge on any atom is -0.354 e. The second-order valence-corrected chi connectivity index (χ2v) is 10.6. The highest BCUT2D eigenvalue weighted by molar-refractivity contribution is 6.37. The molecule has 214 valence electrons. The van der Waals surface area contributed by atoms with Crippen molar-refractivity contribution in [1.82, 2.24) is 9.97 Å². The number of nitrogens with zero attached hydrogens (tertiary/aromatic N) is 3. The van der Waals surface area contributed by atoms with Crippen LogP contribution >= 0.6 is 0 Å². The van der Waals surface area contributed by atoms with E-state index in [4.69, 9.17) is 10.7 Å². The Kier molecular flexibility index (Phi) is 7.70. The minimum atomic E-state index is -0.454. The number of carbonyl (C=O) groups excluding carboxylic acids is 1. The number of benzene rings is 3. The SMILES string of the molecule is NCCCc1ccc(/C(Nc2ccc(-c3c[nH]c(N4CCCCC4)n3)cc2)=C2/C(=O)Nc3ccc([N+](=O)[O-])cc32)cc1. The van der Waals surface area contributed by atoms with Gasteiger partial charge < -0.3 is 26.3 Å². The first-order chi connectivity index (χ1) is 20.5. The van der Waals surface area contributed by atoms with Crippen LogP contribution in [0.3, 0.4) is 0 Å². The number of anilines is 3. The summed E-state index contributed by atoms with van der Waals surface area (Å²) >= 11 is 0. The first-order valence-electron chi connectivity index (χ1n) is 14.3. The summed E-state index contributed by atoms with van der Waals surface area (Å²) < 4.78 is 0. The molecule has 0 aliphatic carbocycles. The van der Waals surface area contributed by atoms with Crippen LogP contribution in [-0.2, 0) is 11.2 Å². The number of nitrogens with one attached hydrogen (secondary N) is 3. The van der Waals surface area contributed by atoms with Crippen LogP contribution < -0.4 is 21.3 Å². The van der Waals surface area contributed by atoms with Gasteiger partial charge in [0.2, 0.25) is 5.95 Å². The van der Waals surface area contributed by atoms with Gasteiger partial charge in [-0.05, 0) is 68.0 Å². The lowest BCUT2D eigenvalue weighted by Gasteiger charge is -2.25. The van der Waals surface area contributed by atoms with Crippen molar-refractivity contribution in [1.29, 1.82) is 0 Å². The van der Waals surface area contributed by atoms with Crippen molar-refractivity contribution < 1.29 is 9.72 Å². The molecule has 0 atom stereocenters. The number of H-pyrrole nitrogens is 1. The summed E-state index contributed by atoms with van der Waals surface area (Å²) in [5.41, 5.74) is 12.1. The summed E-state index contributed by atoms with van der Waals surface area (Å²) in [4.78, 5) is 34.8. The molecule has 6 rings (SSSR count). The molecule has 0 spiro atoms. The number of non-ortho nitro benzene ring substituents is 1. The molecule has 0 bridgehead atoms. The molecule has 5 N–H and O–H groups in total. The molecule has 1 saturated heterocycles. The number of fused-ring (bicyclic) bond motifs is 1. The third-order valence-electron chi connectivity index (χ3n) is 7.79. The summed E-state index contributed by atoms with van der Waals surface area (Å²) in [5.74, 6) is 0.576. The van der Waals surface area contributed by atoms with Gasteiger partial charge in [-0.3, -0.25) is 14.9 Å². The predicted octanol–water partition coefficient (Wildman–Crippen LogP) is 5.80. The summed E-state index contributed by atoms with van der Waals surface area (Å²) in [6, 6.07) is 20.3. The fourth-order valence-corrected chi connectivity index (χ4v) is 5.54. The number of aryl methyl sites for hydroxylation is 1. The van der Waals surface area contributed by atoms with E-state index in [2.05, 4.69) is 20.5 Å². The van der Waals surface area contributed by atoms with Crippen molar-refractivity contribution in [2.45, 2.75) is 32.1 Å². The molecule has 42 heavy (non-hydrogen) atoms. The molecule has 10 heteroatoms. The highest BCUT2D eigenvalue weighted by Gasteiger charge is 2.30. The van der Waals surface area contributed by atoms with Gasteiger partial charge in [-0.15, -0.1) is 0 Å². The minimum absolute atomic E-state index is 0.0773. The van der Waals surface area contributed by atoms with Gasteiger partial charge in [-0.25, -0.2) is 4.98 Å². The molecule has 4 aromatic rings. The quantitative estimate of drug-likeness (QED) is 0.115. The standard InChI is InChI=1S/C32H33N7O3/c33-16-4-5-21-6-8-23(9-7-21)30(29-26-19-25(39(41)42)14-15-27(26)36-31(29)40)35-24-12-10-22(11-13-24)28-20-34-32(37-28)38-17-2-1-3-18-38/h6-15,19-20,35H,1-5,16-18,33H2,(H,34,37)(H,36,40)/b30-29-. The molecule has 3 aromatic carbocycles. The first kappa shape index (κ1) is 27.2. The van der Waals surface area contributed by atoms with Crippen LogP contribution in [0.2, 0.25) is 0 Å². The molecule has 2 aliphatic rings. The van der Waals surface area contributed by atoms with Crippen LogP contribution in [0.4, 0.5) is 23.0 Å². The number of nitro benzene ring substituents is 1. The second-order valence-electron chi connectivity index (χ2n) is 10.6. The topological polar surface area (TPSA) is 142 Å². The van der Waals surface area contributed by atoms with Crippen LogP contribution in [0.15, 0.2) is 72.9 Å². The van der Waals surface area contributed by atoms with E-state index in [-0.39, 0.29) is 11.6 Å². The third-order valence-corrected chi connectivity index (χ3v) is 7.79. The predicted molar refractivity (Wildman–Crippen MR) is 166 cm³/mol. The first-order valence-corrected chi connectivity index (χ1v) is 14.3. The number of hydrogen-bond donors (Lipinski definition) is 4. The number of imidazole rings is 1. The average molecular weight is 564 g/mol. The second kappa shape index (κ2) is 11.9. The van der Waals surface area contributed by atoms with Crippen LogP contribution in [0.1, 0.15) is 42.4 Å². The third kappa shape index (κ3) is 5.61. The van der Waals surface area contributed by atoms with Crippen LogP contribution in [-0.4, -0.2) is 40.4 Å². The van der Waals surface area contributed by atoms with E-state index in [9.17, 15) is 14.9 Å². The molecule has 0 unspecified atom stereocenters. The van der Waals surface area contributed by atoms with Gasteiger partial charge in [0.15, 0.2) is 0 Å². The number of amides is 1. The van der Waals surface area contributed by atoms with E-state index < -0.39 is 4.92 Å². The van der Waals surface area contributed by atoms with E-state index in [0.29, 0.717) is 29.1 Å². The number of aromatic amines is 1. The molecular weight excluding hydrogens is 530 g/mol. The highest BCUT2D eigenvalue weighted by Crippen LogP contribution is 2.39. The molecule has 0 radical (unpaired) electrons. The Balaban J connectivity index is 1.34. The Morgan fingerprint density at radius 2 is 1.79 bits per heavy atom. The van der Waals surface area contributed by atoms with Gasteiger partial charge in [-0.2, -0.15) is 0 Å².